The van der Waals surface area contributed by atoms with Gasteiger partial charge in [0.2, 0.25) is 0 Å². The van der Waals surface area contributed by atoms with Gasteiger partial charge in [-0.15, -0.1) is 0 Å². The average Bonchev–Trinajstić information content (AvgIpc) is 2.24. The minimum Gasteiger partial charge on any atom is -0.305 e. The van der Waals surface area contributed by atoms with Gasteiger partial charge in [0.15, 0.2) is 0 Å². The highest BCUT2D eigenvalue weighted by Gasteiger charge is 2.20. The van der Waals surface area contributed by atoms with Gasteiger partial charge in [-0.2, -0.15) is 0 Å². The predicted octanol–water partition coefficient (Wildman–Crippen LogP) is 2.59. The van der Waals surface area contributed by atoms with E-state index in [1.54, 1.807) is 0 Å². The molecule has 15 heavy (non-hydrogen) atoms. The maximum atomic E-state index is 2.57. The van der Waals surface area contributed by atoms with E-state index in [-0.39, 0.29) is 0 Å². The molecule has 0 radical (unpaired) electrons. The first-order chi connectivity index (χ1) is 7.24. The van der Waals surface area contributed by atoms with Gasteiger partial charge in [0, 0.05) is 12.6 Å². The number of hydrogen-bond donors (Lipinski definition) is 0. The highest BCUT2D eigenvalue weighted by Crippen LogP contribution is 2.14. The molecule has 0 amide bonds. The molecule has 2 nitrogen and oxygen atoms in total. The Kier molecular flexibility index (Phi) is 6.26. The van der Waals surface area contributed by atoms with Crippen LogP contribution in [0.25, 0.3) is 0 Å². The lowest BCUT2D eigenvalue weighted by Gasteiger charge is -2.35. The van der Waals surface area contributed by atoms with Crippen molar-refractivity contribution in [2.45, 2.75) is 51.5 Å². The van der Waals surface area contributed by atoms with E-state index >= 15 is 0 Å². The quantitative estimate of drug-likeness (QED) is 0.624. The maximum absolute atomic E-state index is 2.57. The summed E-state index contributed by atoms with van der Waals surface area (Å²) in [5.74, 6) is 0. The summed E-state index contributed by atoms with van der Waals surface area (Å²) in [6.45, 7) is 6.13. The van der Waals surface area contributed by atoms with Crippen molar-refractivity contribution in [3.05, 3.63) is 0 Å². The predicted molar refractivity (Wildman–Crippen MR) is 67.3 cm³/mol. The third-order valence-electron chi connectivity index (χ3n) is 3.59. The molecule has 0 N–H and O–H groups in total. The molecule has 1 unspecified atom stereocenters. The highest BCUT2D eigenvalue weighted by molar-refractivity contribution is 4.77. The molecule has 0 aromatic heterocycles. The molecule has 1 saturated heterocycles. The Bertz CT molecular complexity index is 159. The molecule has 1 aliphatic rings. The van der Waals surface area contributed by atoms with E-state index in [0.717, 1.165) is 6.04 Å². The molecule has 0 aliphatic carbocycles. The molecule has 1 aliphatic heterocycles. The van der Waals surface area contributed by atoms with Crippen molar-refractivity contribution in [1.29, 1.82) is 0 Å². The zero-order valence-corrected chi connectivity index (χ0v) is 10.8. The zero-order valence-electron chi connectivity index (χ0n) is 10.8. The Balaban J connectivity index is 2.12. The second kappa shape index (κ2) is 7.24. The molecule has 2 heteroatoms. The van der Waals surface area contributed by atoms with E-state index in [1.165, 1.54) is 58.2 Å². The molecule has 0 aromatic rings. The Hall–Kier alpha value is -0.0800. The van der Waals surface area contributed by atoms with Gasteiger partial charge in [0.05, 0.1) is 0 Å². The Labute approximate surface area is 95.6 Å². The number of hydrogen-bond acceptors (Lipinski definition) is 2. The van der Waals surface area contributed by atoms with Gasteiger partial charge in [0.1, 0.15) is 0 Å². The summed E-state index contributed by atoms with van der Waals surface area (Å²) in [7, 11) is 4.55. The number of unbranched alkanes of at least 4 members (excludes halogenated alkanes) is 3. The average molecular weight is 212 g/mol. The van der Waals surface area contributed by atoms with Crippen LogP contribution in [0.3, 0.4) is 0 Å². The van der Waals surface area contributed by atoms with Gasteiger partial charge >= 0.3 is 0 Å². The van der Waals surface area contributed by atoms with E-state index in [4.69, 9.17) is 0 Å². The summed E-state index contributed by atoms with van der Waals surface area (Å²) in [5.41, 5.74) is 0. The van der Waals surface area contributed by atoms with Gasteiger partial charge in [0.25, 0.3) is 0 Å². The normalized spacial score (nSPS) is 23.6. The topological polar surface area (TPSA) is 6.48 Å². The molecule has 1 atom stereocenters. The molecular weight excluding hydrogens is 184 g/mol. The van der Waals surface area contributed by atoms with Crippen LogP contribution in [0.15, 0.2) is 0 Å². The van der Waals surface area contributed by atoms with Crippen LogP contribution in [0.4, 0.5) is 0 Å². The summed E-state index contributed by atoms with van der Waals surface area (Å²) >= 11 is 0. The second-order valence-corrected chi connectivity index (χ2v) is 5.10. The van der Waals surface area contributed by atoms with Crippen LogP contribution >= 0.6 is 0 Å². The van der Waals surface area contributed by atoms with Crippen molar-refractivity contribution in [3.63, 3.8) is 0 Å². The van der Waals surface area contributed by atoms with E-state index < -0.39 is 0 Å². The largest absolute Gasteiger partial charge is 0.305 e. The fourth-order valence-corrected chi connectivity index (χ4v) is 2.47. The molecule has 90 valence electrons. The molecule has 0 saturated carbocycles. The number of piperidine rings is 1. The lowest BCUT2D eigenvalue weighted by Crippen LogP contribution is -2.45. The van der Waals surface area contributed by atoms with Crippen LogP contribution < -0.4 is 0 Å². The third kappa shape index (κ3) is 4.98. The minimum absolute atomic E-state index is 0.811. The fraction of sp³-hybridized carbons (Fsp3) is 1.00. The maximum Gasteiger partial charge on any atom is 0.0220 e. The highest BCUT2D eigenvalue weighted by atomic mass is 15.2. The smallest absolute Gasteiger partial charge is 0.0220 e. The van der Waals surface area contributed by atoms with E-state index in [1.807, 2.05) is 0 Å². The first kappa shape index (κ1) is 13.0. The van der Waals surface area contributed by atoms with Gasteiger partial charge in [-0.1, -0.05) is 26.2 Å². The van der Waals surface area contributed by atoms with Crippen molar-refractivity contribution < 1.29 is 0 Å². The summed E-state index contributed by atoms with van der Waals surface area (Å²) < 4.78 is 0. The molecule has 0 spiro atoms. The Morgan fingerprint density at radius 2 is 2.07 bits per heavy atom. The van der Waals surface area contributed by atoms with Crippen LogP contribution in [0, 0.1) is 0 Å². The molecule has 1 fully saturated rings. The summed E-state index contributed by atoms with van der Waals surface area (Å²) in [6, 6.07) is 0.811. The van der Waals surface area contributed by atoms with Crippen LogP contribution in [-0.2, 0) is 0 Å². The van der Waals surface area contributed by atoms with Crippen molar-refractivity contribution >= 4 is 0 Å². The van der Waals surface area contributed by atoms with Crippen molar-refractivity contribution in [1.82, 2.24) is 9.80 Å². The monoisotopic (exact) mass is 212 g/mol. The minimum atomic E-state index is 0.811. The Morgan fingerprint density at radius 1 is 1.27 bits per heavy atom. The molecular formula is C13H28N2. The van der Waals surface area contributed by atoms with Crippen molar-refractivity contribution in [2.75, 3.05) is 33.7 Å². The van der Waals surface area contributed by atoms with Gasteiger partial charge < -0.3 is 9.80 Å². The van der Waals surface area contributed by atoms with Crippen LogP contribution in [0.2, 0.25) is 0 Å². The summed E-state index contributed by atoms with van der Waals surface area (Å²) in [4.78, 5) is 5.04. The molecule has 1 heterocycles. The Morgan fingerprint density at radius 3 is 2.73 bits per heavy atom. The third-order valence-corrected chi connectivity index (χ3v) is 3.59. The first-order valence-corrected chi connectivity index (χ1v) is 6.62. The van der Waals surface area contributed by atoms with E-state index in [9.17, 15) is 0 Å². The number of rotatable bonds is 6. The number of nitrogens with zero attached hydrogens (tertiary/aromatic N) is 2. The lowest BCUT2D eigenvalue weighted by molar-refractivity contribution is 0.133. The summed E-state index contributed by atoms with van der Waals surface area (Å²) in [5, 5.41) is 0. The van der Waals surface area contributed by atoms with Crippen LogP contribution in [0.1, 0.15) is 45.4 Å². The van der Waals surface area contributed by atoms with Crippen molar-refractivity contribution in [2.24, 2.45) is 0 Å². The van der Waals surface area contributed by atoms with E-state index in [2.05, 4.69) is 30.8 Å². The molecule has 0 aromatic carbocycles. The van der Waals surface area contributed by atoms with Crippen LogP contribution in [-0.4, -0.2) is 49.6 Å². The lowest BCUT2D eigenvalue weighted by atomic mass is 10.0. The first-order valence-electron chi connectivity index (χ1n) is 6.62. The van der Waals surface area contributed by atoms with Gasteiger partial charge in [-0.25, -0.2) is 0 Å². The second-order valence-electron chi connectivity index (χ2n) is 5.10. The van der Waals surface area contributed by atoms with Crippen molar-refractivity contribution in [3.8, 4) is 0 Å². The standard InChI is InChI=1S/C13H28N2/c1-4-5-6-7-11-15(3)13-9-8-10-14(2)12-13/h13H,4-12H2,1-3H3. The molecule has 1 rings (SSSR count). The van der Waals surface area contributed by atoms with Crippen LogP contribution in [0.5, 0.6) is 0 Å². The zero-order chi connectivity index (χ0) is 11.1. The molecule has 0 bridgehead atoms. The SMILES string of the molecule is CCCCCCN(C)C1CCCN(C)C1. The van der Waals surface area contributed by atoms with Gasteiger partial charge in [-0.05, 0) is 46.4 Å². The van der Waals surface area contributed by atoms with E-state index in [0.29, 0.717) is 0 Å². The number of likely N-dealkylation sites (N-methyl/N-ethyl adjacent to an activating group) is 2. The fourth-order valence-electron chi connectivity index (χ4n) is 2.47. The summed E-state index contributed by atoms with van der Waals surface area (Å²) in [6.07, 6.45) is 8.30. The van der Waals surface area contributed by atoms with Gasteiger partial charge in [-0.3, -0.25) is 0 Å². The number of likely N-dealkylation sites (tertiary alicyclic amines) is 1.